The number of carbonyl (C=O) groups is 1. The Bertz CT molecular complexity index is 925. The Labute approximate surface area is 186 Å². The second-order valence-corrected chi connectivity index (χ2v) is 9.67. The summed E-state index contributed by atoms with van der Waals surface area (Å²) >= 11 is 0. The molecule has 1 unspecified atom stereocenters. The summed E-state index contributed by atoms with van der Waals surface area (Å²) in [6, 6.07) is 17.2. The molecule has 0 aliphatic carbocycles. The molecule has 0 spiro atoms. The molecule has 3 saturated heterocycles. The number of piperidine rings is 3. The van der Waals surface area contributed by atoms with Crippen LogP contribution in [0.5, 0.6) is 0 Å². The molecule has 4 atom stereocenters. The molecule has 4 heterocycles. The molecule has 0 radical (unpaired) electrons. The van der Waals surface area contributed by atoms with E-state index in [9.17, 15) is 4.79 Å². The van der Waals surface area contributed by atoms with Gasteiger partial charge in [0, 0.05) is 63.3 Å². The average Bonchev–Trinajstić information content (AvgIpc) is 3.21. The average molecular weight is 419 g/mol. The molecule has 2 aromatic rings. The van der Waals surface area contributed by atoms with Crippen molar-refractivity contribution in [2.45, 2.75) is 25.3 Å². The number of nitrogens with one attached hydrogen (secondary N) is 1. The number of benzene rings is 2. The monoisotopic (exact) mass is 418 g/mol. The zero-order valence-electron chi connectivity index (χ0n) is 18.8. The van der Waals surface area contributed by atoms with Crippen LogP contribution in [-0.4, -0.2) is 63.7 Å². The van der Waals surface area contributed by atoms with Crippen LogP contribution in [-0.2, 0) is 6.42 Å². The van der Waals surface area contributed by atoms with Crippen molar-refractivity contribution in [2.75, 3.05) is 56.6 Å². The Balaban J connectivity index is 1.15. The van der Waals surface area contributed by atoms with E-state index in [1.54, 1.807) is 0 Å². The van der Waals surface area contributed by atoms with Gasteiger partial charge < -0.3 is 15.1 Å². The molecule has 1 amide bonds. The third-order valence-corrected chi connectivity index (χ3v) is 7.60. The smallest absolute Gasteiger partial charge is 0.251 e. The number of amides is 1. The lowest BCUT2D eigenvalue weighted by Gasteiger charge is -2.51. The summed E-state index contributed by atoms with van der Waals surface area (Å²) in [6.45, 7) is 5.44. The first-order valence-electron chi connectivity index (χ1n) is 11.7. The van der Waals surface area contributed by atoms with Gasteiger partial charge >= 0.3 is 0 Å². The zero-order chi connectivity index (χ0) is 21.4. The van der Waals surface area contributed by atoms with Crippen LogP contribution >= 0.6 is 0 Å². The molecule has 4 aliphatic rings. The van der Waals surface area contributed by atoms with Crippen molar-refractivity contribution in [1.82, 2.24) is 10.2 Å². The maximum absolute atomic E-state index is 12.6. The van der Waals surface area contributed by atoms with Gasteiger partial charge in [0.25, 0.3) is 5.91 Å². The number of fused-ring (bicyclic) bond motifs is 4. The first-order valence-corrected chi connectivity index (χ1v) is 11.7. The Morgan fingerprint density at radius 1 is 1.10 bits per heavy atom. The molecular formula is C26H34N4O. The minimum absolute atomic E-state index is 0.0400. The lowest BCUT2D eigenvalue weighted by Crippen LogP contribution is -2.58. The van der Waals surface area contributed by atoms with Gasteiger partial charge in [0.15, 0.2) is 0 Å². The van der Waals surface area contributed by atoms with Gasteiger partial charge in [0.05, 0.1) is 0 Å². The topological polar surface area (TPSA) is 38.8 Å². The zero-order valence-corrected chi connectivity index (χ0v) is 18.8. The van der Waals surface area contributed by atoms with Gasteiger partial charge in [-0.3, -0.25) is 9.69 Å². The summed E-state index contributed by atoms with van der Waals surface area (Å²) in [5.41, 5.74) is 4.80. The lowest BCUT2D eigenvalue weighted by atomic mass is 9.75. The third kappa shape index (κ3) is 4.16. The van der Waals surface area contributed by atoms with Gasteiger partial charge in [-0.15, -0.1) is 0 Å². The molecule has 164 valence electrons. The van der Waals surface area contributed by atoms with Crippen LogP contribution in [0, 0.1) is 11.8 Å². The highest BCUT2D eigenvalue weighted by molar-refractivity contribution is 5.94. The predicted octanol–water partition coefficient (Wildman–Crippen LogP) is 3.26. The number of anilines is 2. The quantitative estimate of drug-likeness (QED) is 0.782. The van der Waals surface area contributed by atoms with E-state index >= 15 is 0 Å². The van der Waals surface area contributed by atoms with Crippen LogP contribution in [0.15, 0.2) is 48.5 Å². The molecule has 5 nitrogen and oxygen atoms in total. The highest BCUT2D eigenvalue weighted by atomic mass is 16.1. The minimum Gasteiger partial charge on any atom is -0.378 e. The first kappa shape index (κ1) is 20.4. The van der Waals surface area contributed by atoms with Crippen LogP contribution < -0.4 is 15.1 Å². The Morgan fingerprint density at radius 3 is 2.65 bits per heavy atom. The number of hydrogen-bond donors (Lipinski definition) is 1. The van der Waals surface area contributed by atoms with Gasteiger partial charge in [-0.1, -0.05) is 18.2 Å². The van der Waals surface area contributed by atoms with E-state index in [2.05, 4.69) is 39.4 Å². The maximum Gasteiger partial charge on any atom is 0.251 e. The molecule has 2 bridgehead atoms. The minimum atomic E-state index is 0.0400. The summed E-state index contributed by atoms with van der Waals surface area (Å²) in [4.78, 5) is 19.9. The summed E-state index contributed by atoms with van der Waals surface area (Å²) < 4.78 is 0. The normalized spacial score (nSPS) is 26.6. The van der Waals surface area contributed by atoms with Crippen LogP contribution in [0.3, 0.4) is 0 Å². The fraction of sp³-hybridized carbons (Fsp3) is 0.500. The van der Waals surface area contributed by atoms with E-state index in [4.69, 9.17) is 0 Å². The van der Waals surface area contributed by atoms with E-state index in [1.165, 1.54) is 50.1 Å². The van der Waals surface area contributed by atoms with Gasteiger partial charge in [-0.05, 0) is 73.5 Å². The fourth-order valence-corrected chi connectivity index (χ4v) is 5.77. The summed E-state index contributed by atoms with van der Waals surface area (Å²) in [6.07, 6.45) is 3.69. The molecule has 2 aromatic carbocycles. The van der Waals surface area contributed by atoms with E-state index in [0.717, 1.165) is 36.2 Å². The van der Waals surface area contributed by atoms with Crippen molar-refractivity contribution in [3.05, 3.63) is 59.7 Å². The van der Waals surface area contributed by atoms with E-state index in [-0.39, 0.29) is 5.91 Å². The molecule has 3 fully saturated rings. The van der Waals surface area contributed by atoms with Crippen molar-refractivity contribution in [2.24, 2.45) is 11.8 Å². The molecule has 0 aromatic heterocycles. The summed E-state index contributed by atoms with van der Waals surface area (Å²) in [7, 11) is 4.02. The number of rotatable bonds is 6. The fourth-order valence-electron chi connectivity index (χ4n) is 5.77. The maximum atomic E-state index is 12.6. The van der Waals surface area contributed by atoms with E-state index in [1.807, 2.05) is 43.3 Å². The predicted molar refractivity (Wildman–Crippen MR) is 127 cm³/mol. The highest BCUT2D eigenvalue weighted by Crippen LogP contribution is 2.38. The largest absolute Gasteiger partial charge is 0.378 e. The standard InChI is InChI=1S/C26H34N4O/c1-28(2)23-9-7-20(8-10-23)26(31)27-16-24-15-21-12-13-29(24)17-22(21)18-30-14-11-19-5-3-4-6-25(19)30/h3-10,21-22,24H,11-18H2,1-2H3,(H,27,31)/t21-,22-,24-/m1/s1. The second-order valence-electron chi connectivity index (χ2n) is 9.67. The third-order valence-electron chi connectivity index (χ3n) is 7.60. The van der Waals surface area contributed by atoms with E-state index in [0.29, 0.717) is 6.04 Å². The molecule has 5 heteroatoms. The summed E-state index contributed by atoms with van der Waals surface area (Å²) in [5.74, 6) is 1.56. The number of nitrogens with zero attached hydrogens (tertiary/aromatic N) is 3. The molecule has 0 saturated carbocycles. The van der Waals surface area contributed by atoms with Crippen molar-refractivity contribution in [3.63, 3.8) is 0 Å². The van der Waals surface area contributed by atoms with Crippen molar-refractivity contribution < 1.29 is 4.79 Å². The number of carbonyl (C=O) groups excluding carboxylic acids is 1. The van der Waals surface area contributed by atoms with Crippen LogP contribution in [0.25, 0.3) is 0 Å². The Morgan fingerprint density at radius 2 is 1.90 bits per heavy atom. The SMILES string of the molecule is CN(C)c1ccc(C(=O)NC[C@H]2C[C@H]3CCN2C[C@@H]3CN2CCc3ccccc32)cc1. The Kier molecular flexibility index (Phi) is 5.61. The summed E-state index contributed by atoms with van der Waals surface area (Å²) in [5, 5.41) is 3.20. The highest BCUT2D eigenvalue weighted by Gasteiger charge is 2.41. The van der Waals surface area contributed by atoms with E-state index < -0.39 is 0 Å². The van der Waals surface area contributed by atoms with Crippen molar-refractivity contribution in [1.29, 1.82) is 0 Å². The number of para-hydroxylation sites is 1. The number of hydrogen-bond acceptors (Lipinski definition) is 4. The van der Waals surface area contributed by atoms with Crippen LogP contribution in [0.4, 0.5) is 11.4 Å². The molecule has 6 rings (SSSR count). The van der Waals surface area contributed by atoms with Crippen LogP contribution in [0.2, 0.25) is 0 Å². The van der Waals surface area contributed by atoms with Gasteiger partial charge in [-0.25, -0.2) is 0 Å². The second kappa shape index (κ2) is 8.54. The van der Waals surface area contributed by atoms with Crippen LogP contribution in [0.1, 0.15) is 28.8 Å². The molecule has 31 heavy (non-hydrogen) atoms. The van der Waals surface area contributed by atoms with Crippen molar-refractivity contribution in [3.8, 4) is 0 Å². The first-order chi connectivity index (χ1) is 15.1. The Hall–Kier alpha value is -2.53. The van der Waals surface area contributed by atoms with Gasteiger partial charge in [0.1, 0.15) is 0 Å². The van der Waals surface area contributed by atoms with Gasteiger partial charge in [0.2, 0.25) is 0 Å². The molecular weight excluding hydrogens is 384 g/mol. The molecule has 4 aliphatic heterocycles. The molecule has 1 N–H and O–H groups in total. The van der Waals surface area contributed by atoms with Gasteiger partial charge in [-0.2, -0.15) is 0 Å². The lowest BCUT2D eigenvalue weighted by molar-refractivity contribution is 0.00495. The van der Waals surface area contributed by atoms with Crippen molar-refractivity contribution >= 4 is 17.3 Å².